The summed E-state index contributed by atoms with van der Waals surface area (Å²) in [6.45, 7) is 7.68. The number of carbonyl (C=O) groups is 2. The fraction of sp³-hybridized carbons (Fsp3) is 0.895. The van der Waals surface area contributed by atoms with Crippen LogP contribution in [-0.2, 0) is 19.1 Å². The van der Waals surface area contributed by atoms with Gasteiger partial charge in [-0.15, -0.1) is 0 Å². The molecule has 3 aliphatic rings. The second-order valence-electron chi connectivity index (χ2n) is 7.85. The monoisotopic (exact) mass is 352 g/mol. The van der Waals surface area contributed by atoms with Crippen molar-refractivity contribution >= 4 is 11.8 Å². The lowest BCUT2D eigenvalue weighted by Crippen LogP contribution is -2.53. The molecular formula is C19H32N2O4. The second-order valence-corrected chi connectivity index (χ2v) is 7.85. The van der Waals surface area contributed by atoms with Crippen LogP contribution in [0.15, 0.2) is 0 Å². The van der Waals surface area contributed by atoms with Crippen molar-refractivity contribution in [3.05, 3.63) is 0 Å². The molecule has 0 aromatic rings. The van der Waals surface area contributed by atoms with E-state index in [9.17, 15) is 9.59 Å². The van der Waals surface area contributed by atoms with Crippen LogP contribution in [0.25, 0.3) is 0 Å². The number of likely N-dealkylation sites (tertiary alicyclic amines) is 2. The van der Waals surface area contributed by atoms with Gasteiger partial charge < -0.3 is 19.3 Å². The molecule has 6 nitrogen and oxygen atoms in total. The zero-order valence-corrected chi connectivity index (χ0v) is 15.5. The van der Waals surface area contributed by atoms with Gasteiger partial charge in [-0.2, -0.15) is 0 Å². The molecule has 0 unspecified atom stereocenters. The molecule has 0 aromatic heterocycles. The van der Waals surface area contributed by atoms with E-state index in [0.29, 0.717) is 24.9 Å². The molecule has 3 fully saturated rings. The van der Waals surface area contributed by atoms with Crippen molar-refractivity contribution in [1.29, 1.82) is 0 Å². The van der Waals surface area contributed by atoms with Gasteiger partial charge in [-0.1, -0.05) is 0 Å². The molecule has 0 bridgehead atoms. The summed E-state index contributed by atoms with van der Waals surface area (Å²) in [5.74, 6) is 0.996. The van der Waals surface area contributed by atoms with E-state index in [1.807, 2.05) is 11.8 Å². The maximum absolute atomic E-state index is 12.4. The van der Waals surface area contributed by atoms with Crippen molar-refractivity contribution in [3.8, 4) is 0 Å². The fourth-order valence-corrected chi connectivity index (χ4v) is 4.43. The first-order valence-electron chi connectivity index (χ1n) is 9.83. The highest BCUT2D eigenvalue weighted by atomic mass is 16.5. The molecule has 0 atom stereocenters. The summed E-state index contributed by atoms with van der Waals surface area (Å²) in [4.78, 5) is 28.6. The third-order valence-corrected chi connectivity index (χ3v) is 6.17. The van der Waals surface area contributed by atoms with Crippen LogP contribution < -0.4 is 0 Å². The summed E-state index contributed by atoms with van der Waals surface area (Å²) >= 11 is 0. The lowest BCUT2D eigenvalue weighted by atomic mass is 9.72. The molecule has 2 amide bonds. The first-order valence-corrected chi connectivity index (χ1v) is 9.83. The summed E-state index contributed by atoms with van der Waals surface area (Å²) in [5, 5.41) is 0. The van der Waals surface area contributed by atoms with E-state index in [1.165, 1.54) is 0 Å². The molecular weight excluding hydrogens is 320 g/mol. The lowest BCUT2D eigenvalue weighted by molar-refractivity contribution is -0.145. The number of rotatable bonds is 5. The van der Waals surface area contributed by atoms with Crippen molar-refractivity contribution in [2.45, 2.75) is 45.4 Å². The number of amides is 2. The molecule has 0 saturated carbocycles. The molecule has 6 heteroatoms. The van der Waals surface area contributed by atoms with Gasteiger partial charge >= 0.3 is 0 Å². The second kappa shape index (κ2) is 8.49. The van der Waals surface area contributed by atoms with Gasteiger partial charge in [0.05, 0.1) is 0 Å². The Kier molecular flexibility index (Phi) is 6.34. The smallest absolute Gasteiger partial charge is 0.248 e. The number of ether oxygens (including phenoxy) is 2. The van der Waals surface area contributed by atoms with Crippen LogP contribution in [0.1, 0.15) is 45.4 Å². The Hall–Kier alpha value is -1.14. The Balaban J connectivity index is 1.52. The van der Waals surface area contributed by atoms with Gasteiger partial charge in [0, 0.05) is 52.4 Å². The lowest BCUT2D eigenvalue weighted by Gasteiger charge is -2.48. The predicted molar refractivity (Wildman–Crippen MR) is 94.1 cm³/mol. The molecule has 142 valence electrons. The summed E-state index contributed by atoms with van der Waals surface area (Å²) in [6, 6.07) is 0. The van der Waals surface area contributed by atoms with Crippen molar-refractivity contribution in [2.24, 2.45) is 11.3 Å². The van der Waals surface area contributed by atoms with E-state index >= 15 is 0 Å². The van der Waals surface area contributed by atoms with E-state index in [1.54, 1.807) is 0 Å². The quantitative estimate of drug-likeness (QED) is 0.755. The molecule has 0 aromatic carbocycles. The predicted octanol–water partition coefficient (Wildman–Crippen LogP) is 1.68. The number of carbonyl (C=O) groups excluding carboxylic acids is 2. The summed E-state index contributed by atoms with van der Waals surface area (Å²) < 4.78 is 10.7. The maximum atomic E-state index is 12.4. The standard InChI is InChI=1S/C19H32N2O4/c1-2-24-14-18(23)20-9-7-19(8-10-20)6-3-17(22)21(15-19)13-16-4-11-25-12-5-16/h16H,2-15H2,1H3. The summed E-state index contributed by atoms with van der Waals surface area (Å²) in [7, 11) is 0. The van der Waals surface area contributed by atoms with E-state index in [4.69, 9.17) is 9.47 Å². The van der Waals surface area contributed by atoms with Gasteiger partial charge in [0.15, 0.2) is 0 Å². The minimum atomic E-state index is 0.0997. The van der Waals surface area contributed by atoms with E-state index in [2.05, 4.69) is 4.90 Å². The third kappa shape index (κ3) is 4.73. The van der Waals surface area contributed by atoms with Gasteiger partial charge in [0.2, 0.25) is 11.8 Å². The first kappa shape index (κ1) is 18.6. The minimum absolute atomic E-state index is 0.0997. The highest BCUT2D eigenvalue weighted by molar-refractivity contribution is 5.78. The van der Waals surface area contributed by atoms with E-state index in [-0.39, 0.29) is 17.9 Å². The van der Waals surface area contributed by atoms with Crippen LogP contribution in [0.4, 0.5) is 0 Å². The Morgan fingerprint density at radius 2 is 1.96 bits per heavy atom. The highest BCUT2D eigenvalue weighted by Gasteiger charge is 2.42. The van der Waals surface area contributed by atoms with Crippen LogP contribution >= 0.6 is 0 Å². The Labute approximate surface area is 150 Å². The molecule has 0 N–H and O–H groups in total. The van der Waals surface area contributed by atoms with Crippen LogP contribution in [0.5, 0.6) is 0 Å². The largest absolute Gasteiger partial charge is 0.381 e. The van der Waals surface area contributed by atoms with Gasteiger partial charge in [-0.25, -0.2) is 0 Å². The summed E-state index contributed by atoms with van der Waals surface area (Å²) in [6.07, 6.45) is 5.78. The number of nitrogens with zero attached hydrogens (tertiary/aromatic N) is 2. The first-order chi connectivity index (χ1) is 12.1. The number of piperidine rings is 2. The fourth-order valence-electron chi connectivity index (χ4n) is 4.43. The Morgan fingerprint density at radius 1 is 1.24 bits per heavy atom. The number of hydrogen-bond donors (Lipinski definition) is 0. The van der Waals surface area contributed by atoms with Crippen molar-refractivity contribution in [3.63, 3.8) is 0 Å². The topological polar surface area (TPSA) is 59.1 Å². The molecule has 3 saturated heterocycles. The average Bonchev–Trinajstić information content (AvgIpc) is 2.64. The molecule has 3 heterocycles. The van der Waals surface area contributed by atoms with E-state index < -0.39 is 0 Å². The molecule has 0 aliphatic carbocycles. The van der Waals surface area contributed by atoms with Gasteiger partial charge in [0.25, 0.3) is 0 Å². The summed E-state index contributed by atoms with van der Waals surface area (Å²) in [5.41, 5.74) is 0.210. The molecule has 3 rings (SSSR count). The Bertz CT molecular complexity index is 468. The maximum Gasteiger partial charge on any atom is 0.248 e. The molecule has 3 aliphatic heterocycles. The van der Waals surface area contributed by atoms with Gasteiger partial charge in [-0.05, 0) is 50.4 Å². The van der Waals surface area contributed by atoms with Crippen molar-refractivity contribution < 1.29 is 19.1 Å². The highest BCUT2D eigenvalue weighted by Crippen LogP contribution is 2.40. The van der Waals surface area contributed by atoms with Crippen molar-refractivity contribution in [2.75, 3.05) is 52.6 Å². The zero-order chi connectivity index (χ0) is 17.7. The molecule has 0 radical (unpaired) electrons. The average molecular weight is 352 g/mol. The van der Waals surface area contributed by atoms with Gasteiger partial charge in [0.1, 0.15) is 6.61 Å². The molecule has 25 heavy (non-hydrogen) atoms. The van der Waals surface area contributed by atoms with Crippen LogP contribution in [-0.4, -0.2) is 74.2 Å². The third-order valence-electron chi connectivity index (χ3n) is 6.17. The molecule has 1 spiro atoms. The van der Waals surface area contributed by atoms with Crippen LogP contribution in [0, 0.1) is 11.3 Å². The van der Waals surface area contributed by atoms with Crippen LogP contribution in [0.2, 0.25) is 0 Å². The Morgan fingerprint density at radius 3 is 2.64 bits per heavy atom. The SMILES string of the molecule is CCOCC(=O)N1CCC2(CCC(=O)N(CC3CCOCC3)C2)CC1. The number of hydrogen-bond acceptors (Lipinski definition) is 4. The van der Waals surface area contributed by atoms with E-state index in [0.717, 1.165) is 71.5 Å². The van der Waals surface area contributed by atoms with Crippen LogP contribution in [0.3, 0.4) is 0 Å². The van der Waals surface area contributed by atoms with Gasteiger partial charge in [-0.3, -0.25) is 9.59 Å². The minimum Gasteiger partial charge on any atom is -0.381 e. The van der Waals surface area contributed by atoms with Crippen molar-refractivity contribution in [1.82, 2.24) is 9.80 Å². The zero-order valence-electron chi connectivity index (χ0n) is 15.5. The normalized spacial score (nSPS) is 24.8.